The molecule has 1 aromatic carbocycles. The van der Waals surface area contributed by atoms with Gasteiger partial charge in [-0.2, -0.15) is 4.98 Å². The van der Waals surface area contributed by atoms with Crippen LogP contribution in [0.3, 0.4) is 0 Å². The molecule has 1 aromatic heterocycles. The average molecular weight is 358 g/mol. The lowest BCUT2D eigenvalue weighted by atomic mass is 10.1. The molecule has 0 saturated carbocycles. The molecule has 0 spiro atoms. The van der Waals surface area contributed by atoms with Gasteiger partial charge in [-0.05, 0) is 36.2 Å². The molecule has 0 atom stereocenters. The Morgan fingerprint density at radius 2 is 1.74 bits per heavy atom. The van der Waals surface area contributed by atoms with Gasteiger partial charge in [0.25, 0.3) is 5.56 Å². The van der Waals surface area contributed by atoms with E-state index in [1.54, 1.807) is 30.6 Å². The fraction of sp³-hybridized carbons (Fsp3) is 0.143. The van der Waals surface area contributed by atoms with E-state index in [4.69, 9.17) is 0 Å². The molecule has 0 fully saturated rings. The molecule has 0 N–H and O–H groups in total. The maximum Gasteiger partial charge on any atom is 0.352 e. The van der Waals surface area contributed by atoms with Gasteiger partial charge >= 0.3 is 5.69 Å². The summed E-state index contributed by atoms with van der Waals surface area (Å²) in [5, 5.41) is 0. The number of pyridine rings is 2. The zero-order valence-electron chi connectivity index (χ0n) is 14.9. The van der Waals surface area contributed by atoms with Gasteiger partial charge in [-0.15, -0.1) is 0 Å². The van der Waals surface area contributed by atoms with E-state index in [9.17, 15) is 9.59 Å². The van der Waals surface area contributed by atoms with E-state index < -0.39 is 5.69 Å². The molecule has 0 saturated heterocycles. The van der Waals surface area contributed by atoms with Gasteiger partial charge in [0.2, 0.25) is 0 Å². The molecular formula is C21H18N4O2. The Bertz CT molecular complexity index is 1160. The number of benzene rings is 1. The van der Waals surface area contributed by atoms with Gasteiger partial charge in [0.1, 0.15) is 0 Å². The van der Waals surface area contributed by atoms with E-state index in [1.165, 1.54) is 5.56 Å². The quantitative estimate of drug-likeness (QED) is 0.561. The lowest BCUT2D eigenvalue weighted by Gasteiger charge is -2.15. The molecule has 0 unspecified atom stereocenters. The first-order valence-corrected chi connectivity index (χ1v) is 8.66. The van der Waals surface area contributed by atoms with Crippen LogP contribution in [0.2, 0.25) is 0 Å². The van der Waals surface area contributed by atoms with Gasteiger partial charge in [-0.25, -0.2) is 4.79 Å². The van der Waals surface area contributed by atoms with Crippen LogP contribution in [0.25, 0.3) is 11.4 Å². The second-order valence-electron chi connectivity index (χ2n) is 6.51. The van der Waals surface area contributed by atoms with Gasteiger partial charge < -0.3 is 4.57 Å². The Kier molecular flexibility index (Phi) is 4.38. The van der Waals surface area contributed by atoms with Crippen LogP contribution in [0.5, 0.6) is 0 Å². The first-order chi connectivity index (χ1) is 13.1. The maximum atomic E-state index is 12.9. The van der Waals surface area contributed by atoms with Crippen LogP contribution in [0, 0.1) is 6.92 Å². The molecule has 6 nitrogen and oxygen atoms in total. The predicted molar refractivity (Wildman–Crippen MR) is 103 cm³/mol. The van der Waals surface area contributed by atoms with Crippen molar-refractivity contribution in [1.29, 1.82) is 0 Å². The fourth-order valence-corrected chi connectivity index (χ4v) is 3.05. The summed E-state index contributed by atoms with van der Waals surface area (Å²) in [6, 6.07) is 15.2. The highest BCUT2D eigenvalue weighted by Gasteiger charge is 2.17. The molecule has 2 aliphatic rings. The SMILES string of the molecule is Cc1ccc(Cn2cccc3c(=O)n(Cc4cccnc4)c(=O)nc2-3)cc1. The van der Waals surface area contributed by atoms with Crippen molar-refractivity contribution in [2.75, 3.05) is 0 Å². The highest BCUT2D eigenvalue weighted by Crippen LogP contribution is 2.15. The molecule has 0 radical (unpaired) electrons. The number of hydrogen-bond acceptors (Lipinski definition) is 4. The standard InChI is InChI=1S/C21H18N4O2/c1-15-6-8-16(9-7-15)13-24-11-3-5-18-19(24)23-21(27)25(20(18)26)14-17-4-2-10-22-12-17/h2-12H,13-14H2,1H3. The Hall–Kier alpha value is -3.54. The first kappa shape index (κ1) is 16.9. The van der Waals surface area contributed by atoms with Gasteiger partial charge in [0.05, 0.1) is 12.1 Å². The van der Waals surface area contributed by atoms with Gasteiger partial charge in [-0.1, -0.05) is 35.9 Å². The molecule has 134 valence electrons. The van der Waals surface area contributed by atoms with Crippen LogP contribution >= 0.6 is 0 Å². The Morgan fingerprint density at radius 1 is 0.926 bits per heavy atom. The molecule has 27 heavy (non-hydrogen) atoms. The Labute approximate surface area is 155 Å². The van der Waals surface area contributed by atoms with E-state index in [-0.39, 0.29) is 12.1 Å². The van der Waals surface area contributed by atoms with Crippen LogP contribution < -0.4 is 11.2 Å². The predicted octanol–water partition coefficient (Wildman–Crippen LogP) is 2.31. The summed E-state index contributed by atoms with van der Waals surface area (Å²) in [6.07, 6.45) is 5.12. The van der Waals surface area contributed by atoms with Gasteiger partial charge in [0, 0.05) is 25.1 Å². The summed E-state index contributed by atoms with van der Waals surface area (Å²) < 4.78 is 2.98. The minimum atomic E-state index is -0.555. The lowest BCUT2D eigenvalue weighted by Crippen LogP contribution is -2.38. The molecule has 2 aromatic rings. The number of rotatable bonds is 4. The first-order valence-electron chi connectivity index (χ1n) is 8.66. The summed E-state index contributed by atoms with van der Waals surface area (Å²) in [5.74, 6) is 0.399. The highest BCUT2D eigenvalue weighted by molar-refractivity contribution is 5.54. The van der Waals surface area contributed by atoms with Crippen LogP contribution in [-0.2, 0) is 13.1 Å². The second-order valence-corrected chi connectivity index (χ2v) is 6.51. The summed E-state index contributed by atoms with van der Waals surface area (Å²) in [7, 11) is 0. The number of aromatic nitrogens is 4. The summed E-state index contributed by atoms with van der Waals surface area (Å²) in [6.45, 7) is 2.72. The average Bonchev–Trinajstić information content (AvgIpc) is 2.68. The third kappa shape index (κ3) is 3.42. The van der Waals surface area contributed by atoms with Crippen molar-refractivity contribution in [3.05, 3.63) is 105 Å². The fourth-order valence-electron chi connectivity index (χ4n) is 3.05. The van der Waals surface area contributed by atoms with E-state index >= 15 is 0 Å². The lowest BCUT2D eigenvalue weighted by molar-refractivity contribution is 0.677. The van der Waals surface area contributed by atoms with Crippen molar-refractivity contribution in [3.8, 4) is 11.4 Å². The zero-order valence-corrected chi connectivity index (χ0v) is 14.9. The van der Waals surface area contributed by atoms with Crippen LogP contribution in [0.15, 0.2) is 76.7 Å². The van der Waals surface area contributed by atoms with Crippen molar-refractivity contribution in [2.45, 2.75) is 20.0 Å². The van der Waals surface area contributed by atoms with Crippen LogP contribution in [0.4, 0.5) is 0 Å². The van der Waals surface area contributed by atoms with Crippen LogP contribution in [-0.4, -0.2) is 19.1 Å². The minimum absolute atomic E-state index is 0.154. The van der Waals surface area contributed by atoms with E-state index in [2.05, 4.69) is 9.97 Å². The topological polar surface area (TPSA) is 69.8 Å². The molecule has 6 heteroatoms. The van der Waals surface area contributed by atoms with Gasteiger partial charge in [0.15, 0.2) is 5.82 Å². The van der Waals surface area contributed by atoms with Crippen molar-refractivity contribution >= 4 is 0 Å². The van der Waals surface area contributed by atoms with E-state index in [1.807, 2.05) is 48.0 Å². The summed E-state index contributed by atoms with van der Waals surface area (Å²) >= 11 is 0. The number of hydrogen-bond donors (Lipinski definition) is 0. The number of aryl methyl sites for hydroxylation is 1. The number of fused-ring (bicyclic) bond motifs is 1. The molecule has 0 amide bonds. The molecule has 4 rings (SSSR count). The smallest absolute Gasteiger partial charge is 0.328 e. The monoisotopic (exact) mass is 358 g/mol. The Morgan fingerprint density at radius 3 is 2.48 bits per heavy atom. The molecular weight excluding hydrogens is 340 g/mol. The summed E-state index contributed by atoms with van der Waals surface area (Å²) in [4.78, 5) is 33.6. The molecule has 3 heterocycles. The third-order valence-electron chi connectivity index (χ3n) is 4.49. The third-order valence-corrected chi connectivity index (χ3v) is 4.49. The van der Waals surface area contributed by atoms with Crippen LogP contribution in [0.1, 0.15) is 16.7 Å². The zero-order chi connectivity index (χ0) is 18.8. The molecule has 0 aliphatic carbocycles. The van der Waals surface area contributed by atoms with Crippen molar-refractivity contribution in [2.24, 2.45) is 0 Å². The summed E-state index contributed by atoms with van der Waals surface area (Å²) in [5.41, 5.74) is 2.56. The van der Waals surface area contributed by atoms with Crippen molar-refractivity contribution < 1.29 is 0 Å². The second kappa shape index (κ2) is 6.99. The molecule has 2 aliphatic heterocycles. The Balaban J connectivity index is 1.77. The van der Waals surface area contributed by atoms with Gasteiger partial charge in [-0.3, -0.25) is 14.3 Å². The normalized spacial score (nSPS) is 11.0. The van der Waals surface area contributed by atoms with Crippen molar-refractivity contribution in [3.63, 3.8) is 0 Å². The maximum absolute atomic E-state index is 12.9. The highest BCUT2D eigenvalue weighted by atomic mass is 16.2. The minimum Gasteiger partial charge on any atom is -0.328 e. The van der Waals surface area contributed by atoms with Crippen molar-refractivity contribution in [1.82, 2.24) is 19.1 Å². The number of nitrogens with zero attached hydrogens (tertiary/aromatic N) is 4. The largest absolute Gasteiger partial charge is 0.352 e. The molecule has 0 bridgehead atoms. The van der Waals surface area contributed by atoms with E-state index in [0.717, 1.165) is 15.7 Å². The van der Waals surface area contributed by atoms with E-state index in [0.29, 0.717) is 17.9 Å².